The zero-order valence-corrected chi connectivity index (χ0v) is 6.03. The fraction of sp³-hybridized carbons (Fsp3) is 0.571. The first-order valence-electron chi connectivity index (χ1n) is 3.50. The summed E-state index contributed by atoms with van der Waals surface area (Å²) < 4.78 is 0. The Balaban J connectivity index is 2.57. The molecule has 0 aromatic carbocycles. The van der Waals surface area contributed by atoms with E-state index >= 15 is 0 Å². The minimum atomic E-state index is -0.712. The predicted octanol–water partition coefficient (Wildman–Crippen LogP) is -1.22. The molecule has 1 rings (SSSR count). The van der Waals surface area contributed by atoms with Crippen molar-refractivity contribution in [3.63, 3.8) is 0 Å². The summed E-state index contributed by atoms with van der Waals surface area (Å²) >= 11 is 0. The van der Waals surface area contributed by atoms with Gasteiger partial charge in [0.1, 0.15) is 0 Å². The van der Waals surface area contributed by atoms with Gasteiger partial charge in [0.25, 0.3) is 0 Å². The second kappa shape index (κ2) is 3.50. The molecule has 11 heavy (non-hydrogen) atoms. The normalized spacial score (nSPS) is 35.3. The number of nitrogens with one attached hydrogen (secondary N) is 1. The molecule has 0 bridgehead atoms. The van der Waals surface area contributed by atoms with Gasteiger partial charge in [-0.1, -0.05) is 6.08 Å². The van der Waals surface area contributed by atoms with E-state index in [1.54, 1.807) is 0 Å². The van der Waals surface area contributed by atoms with E-state index in [-0.39, 0.29) is 18.9 Å². The maximum Gasteiger partial charge on any atom is 0.243 e. The van der Waals surface area contributed by atoms with E-state index < -0.39 is 12.2 Å². The van der Waals surface area contributed by atoms with Gasteiger partial charge in [0.2, 0.25) is 5.91 Å². The largest absolute Gasteiger partial charge is 0.391 e. The van der Waals surface area contributed by atoms with Crippen LogP contribution in [0.5, 0.6) is 0 Å². The quantitative estimate of drug-likeness (QED) is 0.413. The maximum absolute atomic E-state index is 10.7. The Morgan fingerprint density at radius 2 is 2.27 bits per heavy atom. The van der Waals surface area contributed by atoms with E-state index in [2.05, 4.69) is 5.32 Å². The van der Waals surface area contributed by atoms with Crippen molar-refractivity contribution in [2.75, 3.05) is 6.54 Å². The Hall–Kier alpha value is -0.870. The van der Waals surface area contributed by atoms with Crippen LogP contribution in [0.2, 0.25) is 0 Å². The Kier molecular flexibility index (Phi) is 2.62. The molecule has 0 saturated carbocycles. The molecule has 3 N–H and O–H groups in total. The number of rotatable bonds is 0. The van der Waals surface area contributed by atoms with Gasteiger partial charge in [-0.25, -0.2) is 0 Å². The van der Waals surface area contributed by atoms with Gasteiger partial charge < -0.3 is 15.5 Å². The van der Waals surface area contributed by atoms with Gasteiger partial charge in [0.05, 0.1) is 12.2 Å². The summed E-state index contributed by atoms with van der Waals surface area (Å²) in [6, 6.07) is 0. The fourth-order valence-corrected chi connectivity index (χ4v) is 0.916. The Morgan fingerprint density at radius 3 is 3.00 bits per heavy atom. The molecule has 2 unspecified atom stereocenters. The average Bonchev–Trinajstić information content (AvgIpc) is 1.95. The van der Waals surface area contributed by atoms with Crippen LogP contribution in [0.15, 0.2) is 12.2 Å². The van der Waals surface area contributed by atoms with Gasteiger partial charge in [0, 0.05) is 19.0 Å². The predicted molar refractivity (Wildman–Crippen MR) is 38.8 cm³/mol. The van der Waals surface area contributed by atoms with Crippen LogP contribution < -0.4 is 5.32 Å². The molecule has 0 spiro atoms. The maximum atomic E-state index is 10.7. The van der Waals surface area contributed by atoms with E-state index in [1.165, 1.54) is 12.2 Å². The number of β-amino-alcohol motifs (C(OH)–C–C–N with tert-alkyl or cyclic N) is 1. The topological polar surface area (TPSA) is 69.6 Å². The molecule has 4 heteroatoms. The molecule has 0 aliphatic carbocycles. The molecule has 1 heterocycles. The third-order valence-corrected chi connectivity index (χ3v) is 1.50. The number of hydrogen-bond acceptors (Lipinski definition) is 3. The van der Waals surface area contributed by atoms with Crippen molar-refractivity contribution in [3.05, 3.63) is 12.2 Å². The highest BCUT2D eigenvalue weighted by Gasteiger charge is 2.12. The molecular formula is C7H11NO3. The molecule has 0 aromatic heterocycles. The van der Waals surface area contributed by atoms with E-state index in [0.29, 0.717) is 0 Å². The molecule has 0 aromatic rings. The number of aliphatic hydroxyl groups is 2. The number of carbonyl (C=O) groups excluding carboxylic acids is 1. The SMILES string of the molecule is O=C1/C=C\C(O)CC(O)CN1. The van der Waals surface area contributed by atoms with E-state index in [9.17, 15) is 4.79 Å². The summed E-state index contributed by atoms with van der Waals surface area (Å²) in [5.74, 6) is -0.275. The van der Waals surface area contributed by atoms with Crippen LogP contribution in [0.1, 0.15) is 6.42 Å². The van der Waals surface area contributed by atoms with E-state index in [0.717, 1.165) is 0 Å². The number of amides is 1. The third kappa shape index (κ3) is 2.69. The molecule has 0 radical (unpaired) electrons. The Morgan fingerprint density at radius 1 is 1.55 bits per heavy atom. The Bertz CT molecular complexity index is 179. The van der Waals surface area contributed by atoms with E-state index in [4.69, 9.17) is 10.2 Å². The number of hydrogen-bond donors (Lipinski definition) is 3. The summed E-state index contributed by atoms with van der Waals surface area (Å²) in [5, 5.41) is 20.6. The molecule has 0 saturated heterocycles. The van der Waals surface area contributed by atoms with Gasteiger partial charge in [-0.2, -0.15) is 0 Å². The summed E-state index contributed by atoms with van der Waals surface area (Å²) in [6.45, 7) is 0.209. The standard InChI is InChI=1S/C7H11NO3/c9-5-1-2-7(11)8-4-6(10)3-5/h1-2,5-6,9-10H,3-4H2,(H,8,11)/b2-1-. The number of aliphatic hydroxyl groups excluding tert-OH is 2. The minimum Gasteiger partial charge on any atom is -0.391 e. The van der Waals surface area contributed by atoms with Crippen molar-refractivity contribution >= 4 is 5.91 Å². The molecule has 62 valence electrons. The van der Waals surface area contributed by atoms with Crippen LogP contribution in [-0.4, -0.2) is 34.9 Å². The highest BCUT2D eigenvalue weighted by atomic mass is 16.3. The molecule has 1 aliphatic heterocycles. The van der Waals surface area contributed by atoms with Crippen molar-refractivity contribution < 1.29 is 15.0 Å². The van der Waals surface area contributed by atoms with Crippen molar-refractivity contribution in [2.24, 2.45) is 0 Å². The lowest BCUT2D eigenvalue weighted by Crippen LogP contribution is -2.34. The van der Waals surface area contributed by atoms with Crippen LogP contribution in [-0.2, 0) is 4.79 Å². The molecular weight excluding hydrogens is 146 g/mol. The summed E-state index contributed by atoms with van der Waals surface area (Å²) in [7, 11) is 0. The summed E-state index contributed by atoms with van der Waals surface area (Å²) in [6.07, 6.45) is 1.56. The molecule has 1 amide bonds. The second-order valence-electron chi connectivity index (χ2n) is 2.56. The monoisotopic (exact) mass is 157 g/mol. The Labute approximate surface area is 64.5 Å². The molecule has 2 atom stereocenters. The minimum absolute atomic E-state index is 0.209. The number of carbonyl (C=O) groups is 1. The van der Waals surface area contributed by atoms with Gasteiger partial charge in [-0.3, -0.25) is 4.79 Å². The molecule has 1 aliphatic rings. The molecule has 4 nitrogen and oxygen atoms in total. The van der Waals surface area contributed by atoms with Crippen LogP contribution in [0, 0.1) is 0 Å². The highest BCUT2D eigenvalue weighted by Crippen LogP contribution is 2.01. The first-order chi connectivity index (χ1) is 5.18. The fourth-order valence-electron chi connectivity index (χ4n) is 0.916. The van der Waals surface area contributed by atoms with Gasteiger partial charge in [0.15, 0.2) is 0 Å². The zero-order chi connectivity index (χ0) is 8.27. The van der Waals surface area contributed by atoms with Crippen molar-refractivity contribution in [3.8, 4) is 0 Å². The van der Waals surface area contributed by atoms with Crippen molar-refractivity contribution in [2.45, 2.75) is 18.6 Å². The average molecular weight is 157 g/mol. The molecule has 0 fully saturated rings. The van der Waals surface area contributed by atoms with Crippen LogP contribution >= 0.6 is 0 Å². The van der Waals surface area contributed by atoms with Crippen LogP contribution in [0.3, 0.4) is 0 Å². The highest BCUT2D eigenvalue weighted by molar-refractivity contribution is 5.87. The third-order valence-electron chi connectivity index (χ3n) is 1.50. The first kappa shape index (κ1) is 8.23. The first-order valence-corrected chi connectivity index (χ1v) is 3.50. The van der Waals surface area contributed by atoms with Crippen LogP contribution in [0.4, 0.5) is 0 Å². The van der Waals surface area contributed by atoms with E-state index in [1.807, 2.05) is 0 Å². The van der Waals surface area contributed by atoms with Crippen LogP contribution in [0.25, 0.3) is 0 Å². The summed E-state index contributed by atoms with van der Waals surface area (Å²) in [4.78, 5) is 10.7. The zero-order valence-electron chi connectivity index (χ0n) is 6.03. The summed E-state index contributed by atoms with van der Waals surface area (Å²) in [5.41, 5.74) is 0. The second-order valence-corrected chi connectivity index (χ2v) is 2.56. The lowest BCUT2D eigenvalue weighted by molar-refractivity contribution is -0.117. The van der Waals surface area contributed by atoms with Gasteiger partial charge >= 0.3 is 0 Å². The van der Waals surface area contributed by atoms with Crippen molar-refractivity contribution in [1.82, 2.24) is 5.32 Å². The van der Waals surface area contributed by atoms with Gasteiger partial charge in [-0.05, 0) is 0 Å². The lowest BCUT2D eigenvalue weighted by Gasteiger charge is -2.15. The van der Waals surface area contributed by atoms with Crippen molar-refractivity contribution in [1.29, 1.82) is 0 Å². The smallest absolute Gasteiger partial charge is 0.243 e. The lowest BCUT2D eigenvalue weighted by atomic mass is 10.1. The van der Waals surface area contributed by atoms with Gasteiger partial charge in [-0.15, -0.1) is 0 Å².